The average molecular weight is 321 g/mol. The summed E-state index contributed by atoms with van der Waals surface area (Å²) in [7, 11) is 1.69. The normalized spacial score (nSPS) is 12.3. The van der Waals surface area contributed by atoms with Crippen molar-refractivity contribution >= 4 is 17.8 Å². The Balaban J connectivity index is 2.46. The molecule has 0 saturated carbocycles. The number of nitrogens with one attached hydrogen (secondary N) is 2. The minimum atomic E-state index is -0.540. The minimum absolute atomic E-state index is 0.173. The molecule has 6 nitrogen and oxygen atoms in total. The first-order valence-electron chi connectivity index (χ1n) is 7.66. The van der Waals surface area contributed by atoms with Crippen molar-refractivity contribution in [3.63, 3.8) is 0 Å². The summed E-state index contributed by atoms with van der Waals surface area (Å²) in [6.45, 7) is 9.56. The predicted molar refractivity (Wildman–Crippen MR) is 91.7 cm³/mol. The molecule has 0 radical (unpaired) electrons. The fourth-order valence-corrected chi connectivity index (χ4v) is 1.73. The predicted octanol–water partition coefficient (Wildman–Crippen LogP) is 3.37. The van der Waals surface area contributed by atoms with Crippen molar-refractivity contribution < 1.29 is 14.3 Å². The molecular formula is C17H27N3O3. The highest BCUT2D eigenvalue weighted by atomic mass is 16.6. The molecule has 1 aromatic carbocycles. The zero-order chi connectivity index (χ0) is 17.6. The van der Waals surface area contributed by atoms with E-state index in [-0.39, 0.29) is 12.1 Å². The Morgan fingerprint density at radius 1 is 1.22 bits per heavy atom. The number of aryl methyl sites for hydroxylation is 1. The molecule has 0 aliphatic carbocycles. The van der Waals surface area contributed by atoms with E-state index in [1.807, 2.05) is 38.1 Å². The number of benzene rings is 1. The van der Waals surface area contributed by atoms with Crippen LogP contribution in [-0.2, 0) is 4.74 Å². The summed E-state index contributed by atoms with van der Waals surface area (Å²) in [6, 6.07) is 7.17. The number of rotatable bonds is 4. The number of ether oxygens (including phenoxy) is 1. The molecule has 2 N–H and O–H groups in total. The summed E-state index contributed by atoms with van der Waals surface area (Å²) in [6.07, 6.45) is -0.489. The van der Waals surface area contributed by atoms with E-state index in [9.17, 15) is 9.59 Å². The van der Waals surface area contributed by atoms with Gasteiger partial charge in [-0.2, -0.15) is 0 Å². The maximum absolute atomic E-state index is 12.2. The number of amides is 3. The largest absolute Gasteiger partial charge is 0.444 e. The van der Waals surface area contributed by atoms with Crippen LogP contribution >= 0.6 is 0 Å². The lowest BCUT2D eigenvalue weighted by Crippen LogP contribution is -2.45. The fourth-order valence-electron chi connectivity index (χ4n) is 1.73. The topological polar surface area (TPSA) is 70.7 Å². The second-order valence-corrected chi connectivity index (χ2v) is 6.64. The molecule has 1 aromatic rings. The highest BCUT2D eigenvalue weighted by molar-refractivity contribution is 5.89. The van der Waals surface area contributed by atoms with Crippen molar-refractivity contribution in [2.45, 2.75) is 46.3 Å². The van der Waals surface area contributed by atoms with Gasteiger partial charge in [0.1, 0.15) is 5.60 Å². The van der Waals surface area contributed by atoms with Gasteiger partial charge in [-0.25, -0.2) is 9.59 Å². The molecule has 1 atom stereocenters. The Bertz CT molecular complexity index is 535. The maximum atomic E-state index is 12.2. The minimum Gasteiger partial charge on any atom is -0.444 e. The van der Waals surface area contributed by atoms with E-state index < -0.39 is 11.7 Å². The van der Waals surface area contributed by atoms with Gasteiger partial charge in [-0.3, -0.25) is 0 Å². The summed E-state index contributed by atoms with van der Waals surface area (Å²) in [5.74, 6) is 0. The van der Waals surface area contributed by atoms with Crippen LogP contribution in [0.15, 0.2) is 24.3 Å². The zero-order valence-electron chi connectivity index (χ0n) is 14.8. The number of carbonyl (C=O) groups is 2. The third-order valence-electron chi connectivity index (χ3n) is 3.23. The van der Waals surface area contributed by atoms with Crippen molar-refractivity contribution in [1.29, 1.82) is 0 Å². The summed E-state index contributed by atoms with van der Waals surface area (Å²) >= 11 is 0. The molecule has 128 valence electrons. The van der Waals surface area contributed by atoms with E-state index in [2.05, 4.69) is 10.6 Å². The summed E-state index contributed by atoms with van der Waals surface area (Å²) < 4.78 is 5.17. The number of nitrogens with zero attached hydrogens (tertiary/aromatic N) is 1. The monoisotopic (exact) mass is 321 g/mol. The van der Waals surface area contributed by atoms with Crippen molar-refractivity contribution in [3.05, 3.63) is 29.8 Å². The summed E-state index contributed by atoms with van der Waals surface area (Å²) in [5.41, 5.74) is 1.33. The Hall–Kier alpha value is -2.24. The molecule has 0 aliphatic heterocycles. The Labute approximate surface area is 138 Å². The second kappa shape index (κ2) is 7.85. The number of hydrogen-bond donors (Lipinski definition) is 2. The van der Waals surface area contributed by atoms with Crippen molar-refractivity contribution in [3.8, 4) is 0 Å². The third-order valence-corrected chi connectivity index (χ3v) is 3.23. The number of carbonyl (C=O) groups excluding carboxylic acids is 2. The molecule has 3 amide bonds. The molecule has 0 unspecified atom stereocenters. The highest BCUT2D eigenvalue weighted by Crippen LogP contribution is 2.10. The average Bonchev–Trinajstić information content (AvgIpc) is 2.44. The van der Waals surface area contributed by atoms with Crippen LogP contribution in [0.1, 0.15) is 33.3 Å². The van der Waals surface area contributed by atoms with E-state index in [0.29, 0.717) is 6.54 Å². The van der Waals surface area contributed by atoms with E-state index in [0.717, 1.165) is 11.3 Å². The van der Waals surface area contributed by atoms with E-state index in [4.69, 9.17) is 4.74 Å². The first-order valence-corrected chi connectivity index (χ1v) is 7.66. The molecular weight excluding hydrogens is 294 g/mol. The highest BCUT2D eigenvalue weighted by Gasteiger charge is 2.19. The van der Waals surface area contributed by atoms with E-state index in [1.54, 1.807) is 27.8 Å². The number of likely N-dealkylation sites (N-methyl/N-ethyl adjacent to an activating group) is 1. The molecule has 6 heteroatoms. The number of anilines is 1. The van der Waals surface area contributed by atoms with Crippen LogP contribution in [0.5, 0.6) is 0 Å². The van der Waals surface area contributed by atoms with Gasteiger partial charge in [0.15, 0.2) is 0 Å². The van der Waals surface area contributed by atoms with Crippen LogP contribution in [0.25, 0.3) is 0 Å². The first-order chi connectivity index (χ1) is 10.6. The Morgan fingerprint density at radius 2 is 1.78 bits per heavy atom. The lowest BCUT2D eigenvalue weighted by molar-refractivity contribution is 0.0516. The SMILES string of the molecule is Cc1ccc(NC(=O)N(C)[C@@H](C)CNC(=O)OC(C)(C)C)cc1. The van der Waals surface area contributed by atoms with Crippen LogP contribution < -0.4 is 10.6 Å². The van der Waals surface area contributed by atoms with Gasteiger partial charge in [-0.15, -0.1) is 0 Å². The van der Waals surface area contributed by atoms with Gasteiger partial charge < -0.3 is 20.3 Å². The van der Waals surface area contributed by atoms with Gasteiger partial charge in [0, 0.05) is 25.3 Å². The smallest absolute Gasteiger partial charge is 0.407 e. The van der Waals surface area contributed by atoms with Gasteiger partial charge in [0.05, 0.1) is 0 Å². The van der Waals surface area contributed by atoms with Crippen molar-refractivity contribution in [2.75, 3.05) is 18.9 Å². The van der Waals surface area contributed by atoms with Gasteiger partial charge in [-0.1, -0.05) is 17.7 Å². The zero-order valence-corrected chi connectivity index (χ0v) is 14.8. The quantitative estimate of drug-likeness (QED) is 0.893. The number of alkyl carbamates (subject to hydrolysis) is 1. The molecule has 0 spiro atoms. The lowest BCUT2D eigenvalue weighted by atomic mass is 10.2. The third kappa shape index (κ3) is 7.04. The van der Waals surface area contributed by atoms with Gasteiger partial charge in [0.2, 0.25) is 0 Å². The molecule has 0 bridgehead atoms. The maximum Gasteiger partial charge on any atom is 0.407 e. The molecule has 0 aromatic heterocycles. The van der Waals surface area contributed by atoms with Crippen molar-refractivity contribution in [1.82, 2.24) is 10.2 Å². The lowest BCUT2D eigenvalue weighted by Gasteiger charge is -2.26. The van der Waals surface area contributed by atoms with Crippen LogP contribution in [0, 0.1) is 6.92 Å². The second-order valence-electron chi connectivity index (χ2n) is 6.64. The molecule has 1 rings (SSSR count). The summed E-state index contributed by atoms with van der Waals surface area (Å²) in [5, 5.41) is 5.48. The van der Waals surface area contributed by atoms with Gasteiger partial charge in [-0.05, 0) is 46.8 Å². The molecule has 0 heterocycles. The Kier molecular flexibility index (Phi) is 6.42. The molecule has 0 fully saturated rings. The Morgan fingerprint density at radius 3 is 2.30 bits per heavy atom. The van der Waals surface area contributed by atoms with Gasteiger partial charge >= 0.3 is 12.1 Å². The van der Waals surface area contributed by atoms with Gasteiger partial charge in [0.25, 0.3) is 0 Å². The standard InChI is InChI=1S/C17H27N3O3/c1-12-7-9-14(10-8-12)19-15(21)20(6)13(2)11-18-16(22)23-17(3,4)5/h7-10,13H,11H2,1-6H3,(H,18,22)(H,19,21)/t13-/m0/s1. The molecule has 0 aliphatic rings. The first kappa shape index (κ1) is 18.8. The van der Waals surface area contributed by atoms with Crippen LogP contribution in [0.4, 0.5) is 15.3 Å². The number of urea groups is 1. The van der Waals surface area contributed by atoms with Crippen LogP contribution in [0.2, 0.25) is 0 Å². The van der Waals surface area contributed by atoms with Crippen LogP contribution in [0.3, 0.4) is 0 Å². The van der Waals surface area contributed by atoms with E-state index >= 15 is 0 Å². The van der Waals surface area contributed by atoms with Crippen LogP contribution in [-0.4, -0.2) is 42.3 Å². The van der Waals surface area contributed by atoms with Crippen molar-refractivity contribution in [2.24, 2.45) is 0 Å². The fraction of sp³-hybridized carbons (Fsp3) is 0.529. The summed E-state index contributed by atoms with van der Waals surface area (Å²) in [4.78, 5) is 25.3. The molecule has 23 heavy (non-hydrogen) atoms. The number of hydrogen-bond acceptors (Lipinski definition) is 3. The molecule has 0 saturated heterocycles. The van der Waals surface area contributed by atoms with E-state index in [1.165, 1.54) is 4.90 Å².